The molecule has 1 rings (SSSR count). The van der Waals surface area contributed by atoms with Gasteiger partial charge in [0.15, 0.2) is 0 Å². The minimum Gasteiger partial charge on any atom is -0.392 e. The van der Waals surface area contributed by atoms with Gasteiger partial charge in [-0.3, -0.25) is 9.59 Å². The van der Waals surface area contributed by atoms with Gasteiger partial charge in [-0.15, -0.1) is 0 Å². The molecule has 0 aliphatic carbocycles. The number of amides is 2. The Morgan fingerprint density at radius 2 is 2.00 bits per heavy atom. The van der Waals surface area contributed by atoms with E-state index in [1.54, 1.807) is 32.0 Å². The lowest BCUT2D eigenvalue weighted by atomic mass is 10.1. The first-order chi connectivity index (χ1) is 8.90. The van der Waals surface area contributed by atoms with Crippen LogP contribution in [0, 0.1) is 6.92 Å². The van der Waals surface area contributed by atoms with E-state index in [4.69, 9.17) is 5.11 Å². The van der Waals surface area contributed by atoms with Crippen molar-refractivity contribution in [3.63, 3.8) is 0 Å². The third kappa shape index (κ3) is 5.09. The maximum absolute atomic E-state index is 11.9. The Morgan fingerprint density at radius 1 is 1.32 bits per heavy atom. The number of aryl methyl sites for hydroxylation is 1. The summed E-state index contributed by atoms with van der Waals surface area (Å²) < 4.78 is 0. The van der Waals surface area contributed by atoms with Crippen molar-refractivity contribution in [2.45, 2.75) is 32.9 Å². The van der Waals surface area contributed by atoms with Crippen molar-refractivity contribution in [2.24, 2.45) is 0 Å². The number of hydrogen-bond donors (Lipinski definition) is 3. The minimum absolute atomic E-state index is 0.170. The Labute approximate surface area is 113 Å². The maximum atomic E-state index is 11.9. The van der Waals surface area contributed by atoms with Crippen LogP contribution < -0.4 is 10.6 Å². The highest BCUT2D eigenvalue weighted by Crippen LogP contribution is 2.04. The monoisotopic (exact) mass is 264 g/mol. The fourth-order valence-corrected chi connectivity index (χ4v) is 1.53. The lowest BCUT2D eigenvalue weighted by Gasteiger charge is -2.15. The molecule has 104 valence electrons. The summed E-state index contributed by atoms with van der Waals surface area (Å²) in [5, 5.41) is 14.2. The molecule has 3 N–H and O–H groups in total. The van der Waals surface area contributed by atoms with Crippen LogP contribution >= 0.6 is 0 Å². The molecule has 0 fully saturated rings. The molecule has 0 bridgehead atoms. The number of aliphatic hydroxyl groups is 1. The van der Waals surface area contributed by atoms with E-state index in [2.05, 4.69) is 10.6 Å². The first kappa shape index (κ1) is 15.2. The molecule has 1 aromatic carbocycles. The highest BCUT2D eigenvalue weighted by Gasteiger charge is 2.16. The van der Waals surface area contributed by atoms with Gasteiger partial charge in [-0.05, 0) is 32.9 Å². The second-order valence-corrected chi connectivity index (χ2v) is 4.66. The van der Waals surface area contributed by atoms with E-state index in [9.17, 15) is 9.59 Å². The van der Waals surface area contributed by atoms with Crippen LogP contribution in [0.25, 0.3) is 0 Å². The Balaban J connectivity index is 2.54. The molecule has 0 aromatic heterocycles. The quantitative estimate of drug-likeness (QED) is 0.729. The van der Waals surface area contributed by atoms with Crippen LogP contribution in [0.15, 0.2) is 24.3 Å². The molecule has 0 saturated carbocycles. The third-order valence-corrected chi connectivity index (χ3v) is 2.59. The van der Waals surface area contributed by atoms with Gasteiger partial charge in [-0.2, -0.15) is 0 Å². The predicted octanol–water partition coefficient (Wildman–Crippen LogP) is 0.610. The van der Waals surface area contributed by atoms with Crippen molar-refractivity contribution in [1.82, 2.24) is 10.6 Å². The summed E-state index contributed by atoms with van der Waals surface area (Å²) in [6, 6.07) is 6.50. The van der Waals surface area contributed by atoms with E-state index >= 15 is 0 Å². The number of aliphatic hydroxyl groups excluding tert-OH is 1. The normalized spacial score (nSPS) is 13.5. The van der Waals surface area contributed by atoms with E-state index in [0.717, 1.165) is 5.56 Å². The van der Waals surface area contributed by atoms with Gasteiger partial charge in [0.25, 0.3) is 5.91 Å². The second kappa shape index (κ2) is 6.89. The Bertz CT molecular complexity index is 458. The van der Waals surface area contributed by atoms with Crippen LogP contribution in [-0.2, 0) is 4.79 Å². The maximum Gasteiger partial charge on any atom is 0.251 e. The first-order valence-electron chi connectivity index (χ1n) is 6.23. The van der Waals surface area contributed by atoms with Crippen molar-refractivity contribution >= 4 is 11.8 Å². The molecule has 19 heavy (non-hydrogen) atoms. The molecule has 2 atom stereocenters. The molecule has 0 saturated heterocycles. The molecule has 0 aliphatic rings. The summed E-state index contributed by atoms with van der Waals surface area (Å²) >= 11 is 0. The lowest BCUT2D eigenvalue weighted by Crippen LogP contribution is -2.46. The zero-order chi connectivity index (χ0) is 14.4. The largest absolute Gasteiger partial charge is 0.392 e. The average Bonchev–Trinajstić information content (AvgIpc) is 2.35. The van der Waals surface area contributed by atoms with Gasteiger partial charge in [0.05, 0.1) is 6.10 Å². The number of carbonyl (C=O) groups excluding carboxylic acids is 2. The molecule has 0 spiro atoms. The molecule has 0 radical (unpaired) electrons. The van der Waals surface area contributed by atoms with Gasteiger partial charge in [0, 0.05) is 12.1 Å². The summed E-state index contributed by atoms with van der Waals surface area (Å²) in [4.78, 5) is 23.6. The van der Waals surface area contributed by atoms with E-state index in [-0.39, 0.29) is 18.4 Å². The second-order valence-electron chi connectivity index (χ2n) is 4.66. The smallest absolute Gasteiger partial charge is 0.251 e. The van der Waals surface area contributed by atoms with Gasteiger partial charge in [0.1, 0.15) is 6.04 Å². The Hall–Kier alpha value is -1.88. The molecule has 0 aliphatic heterocycles. The van der Waals surface area contributed by atoms with Crippen molar-refractivity contribution in [3.05, 3.63) is 35.4 Å². The summed E-state index contributed by atoms with van der Waals surface area (Å²) in [6.07, 6.45) is -0.608. The van der Waals surface area contributed by atoms with E-state index in [1.165, 1.54) is 0 Å². The zero-order valence-corrected chi connectivity index (χ0v) is 11.4. The molecule has 1 aromatic rings. The first-order valence-corrected chi connectivity index (χ1v) is 6.23. The standard InChI is InChI=1S/C14H20N2O3/c1-9-5-4-6-12(7-9)14(19)16-11(3)13(18)15-8-10(2)17/h4-7,10-11,17H,8H2,1-3H3,(H,15,18)(H,16,19). The van der Waals surface area contributed by atoms with Gasteiger partial charge in [-0.1, -0.05) is 17.7 Å². The van der Waals surface area contributed by atoms with Gasteiger partial charge < -0.3 is 15.7 Å². The third-order valence-electron chi connectivity index (χ3n) is 2.59. The molecular weight excluding hydrogens is 244 g/mol. The van der Waals surface area contributed by atoms with Crippen LogP contribution in [0.5, 0.6) is 0 Å². The van der Waals surface area contributed by atoms with Crippen molar-refractivity contribution in [3.8, 4) is 0 Å². The zero-order valence-electron chi connectivity index (χ0n) is 11.4. The fraction of sp³-hybridized carbons (Fsp3) is 0.429. The average molecular weight is 264 g/mol. The Morgan fingerprint density at radius 3 is 2.58 bits per heavy atom. The van der Waals surface area contributed by atoms with Crippen molar-refractivity contribution in [1.29, 1.82) is 0 Å². The van der Waals surface area contributed by atoms with Crippen LogP contribution in [-0.4, -0.2) is 35.6 Å². The molecule has 2 amide bonds. The molecule has 5 heteroatoms. The van der Waals surface area contributed by atoms with E-state index in [1.807, 2.05) is 13.0 Å². The summed E-state index contributed by atoms with van der Waals surface area (Å²) in [5.41, 5.74) is 1.51. The topological polar surface area (TPSA) is 78.4 Å². The highest BCUT2D eigenvalue weighted by molar-refractivity contribution is 5.97. The van der Waals surface area contributed by atoms with Crippen LogP contribution in [0.4, 0.5) is 0 Å². The Kier molecular flexibility index (Phi) is 5.51. The molecule has 0 heterocycles. The van der Waals surface area contributed by atoms with Crippen LogP contribution in [0.3, 0.4) is 0 Å². The lowest BCUT2D eigenvalue weighted by molar-refractivity contribution is -0.123. The summed E-state index contributed by atoms with van der Waals surface area (Å²) in [6.45, 7) is 5.25. The number of nitrogens with one attached hydrogen (secondary N) is 2. The number of hydrogen-bond acceptors (Lipinski definition) is 3. The summed E-state index contributed by atoms with van der Waals surface area (Å²) in [5.74, 6) is -0.606. The predicted molar refractivity (Wildman–Crippen MR) is 72.8 cm³/mol. The SMILES string of the molecule is Cc1cccc(C(=O)NC(C)C(=O)NCC(C)O)c1. The highest BCUT2D eigenvalue weighted by atomic mass is 16.3. The number of carbonyl (C=O) groups is 2. The van der Waals surface area contributed by atoms with Crippen LogP contribution in [0.1, 0.15) is 29.8 Å². The van der Waals surface area contributed by atoms with E-state index < -0.39 is 12.1 Å². The van der Waals surface area contributed by atoms with Crippen molar-refractivity contribution < 1.29 is 14.7 Å². The van der Waals surface area contributed by atoms with Gasteiger partial charge >= 0.3 is 0 Å². The number of rotatable bonds is 5. The van der Waals surface area contributed by atoms with Crippen LogP contribution in [0.2, 0.25) is 0 Å². The minimum atomic E-state index is -0.647. The molecular formula is C14H20N2O3. The van der Waals surface area contributed by atoms with Gasteiger partial charge in [-0.25, -0.2) is 0 Å². The molecule has 5 nitrogen and oxygen atoms in total. The molecule has 2 unspecified atom stereocenters. The summed E-state index contributed by atoms with van der Waals surface area (Å²) in [7, 11) is 0. The van der Waals surface area contributed by atoms with Gasteiger partial charge in [0.2, 0.25) is 5.91 Å². The fourth-order valence-electron chi connectivity index (χ4n) is 1.53. The number of benzene rings is 1. The van der Waals surface area contributed by atoms with Crippen molar-refractivity contribution in [2.75, 3.05) is 6.54 Å². The van der Waals surface area contributed by atoms with E-state index in [0.29, 0.717) is 5.56 Å².